The number of carbonyl (C=O) groups is 1. The van der Waals surface area contributed by atoms with Crippen molar-refractivity contribution in [2.75, 3.05) is 38.4 Å². The van der Waals surface area contributed by atoms with Crippen molar-refractivity contribution in [2.24, 2.45) is 0 Å². The fraction of sp³-hybridized carbons (Fsp3) is 0.611. The Morgan fingerprint density at radius 3 is 2.93 bits per heavy atom. The number of anilines is 1. The summed E-state index contributed by atoms with van der Waals surface area (Å²) < 4.78 is 10.2. The van der Waals surface area contributed by atoms with Crippen LogP contribution in [0, 0.1) is 6.92 Å². The molecule has 1 atom stereocenters. The van der Waals surface area contributed by atoms with Crippen molar-refractivity contribution >= 4 is 44.9 Å². The Kier molecular flexibility index (Phi) is 6.86. The second-order valence-electron chi connectivity index (χ2n) is 6.54. The van der Waals surface area contributed by atoms with E-state index >= 15 is 0 Å². The van der Waals surface area contributed by atoms with Crippen LogP contribution in [0.5, 0.6) is 0 Å². The van der Waals surface area contributed by atoms with Crippen LogP contribution in [0.1, 0.15) is 40.9 Å². The molecular formula is C18H24ClN3O4S. The molecule has 9 heteroatoms. The molecule has 1 aliphatic rings. The molecule has 0 aliphatic carbocycles. The highest BCUT2D eigenvalue weighted by atomic mass is 35.5. The summed E-state index contributed by atoms with van der Waals surface area (Å²) >= 11 is 7.46. The van der Waals surface area contributed by atoms with Crippen molar-refractivity contribution in [1.29, 1.82) is 0 Å². The normalized spacial score (nSPS) is 17.5. The summed E-state index contributed by atoms with van der Waals surface area (Å²) in [5, 5.41) is 10.4. The number of aliphatic hydroxyl groups is 1. The Hall–Kier alpha value is -1.48. The fourth-order valence-corrected chi connectivity index (χ4v) is 4.79. The van der Waals surface area contributed by atoms with Gasteiger partial charge in [0.15, 0.2) is 0 Å². The van der Waals surface area contributed by atoms with E-state index in [0.29, 0.717) is 22.7 Å². The van der Waals surface area contributed by atoms with Crippen LogP contribution < -0.4 is 4.90 Å². The first-order valence-corrected chi connectivity index (χ1v) is 10.3. The van der Waals surface area contributed by atoms with Gasteiger partial charge in [0, 0.05) is 26.3 Å². The molecule has 3 heterocycles. The van der Waals surface area contributed by atoms with Gasteiger partial charge in [0.2, 0.25) is 5.28 Å². The van der Waals surface area contributed by atoms with Crippen LogP contribution in [-0.4, -0.2) is 60.6 Å². The minimum Gasteiger partial charge on any atom is -0.459 e. The van der Waals surface area contributed by atoms with Crippen molar-refractivity contribution in [3.63, 3.8) is 0 Å². The first-order valence-electron chi connectivity index (χ1n) is 9.07. The van der Waals surface area contributed by atoms with Gasteiger partial charge in [-0.3, -0.25) is 0 Å². The molecule has 3 rings (SSSR count). The van der Waals surface area contributed by atoms with Gasteiger partial charge in [0.05, 0.1) is 12.0 Å². The smallest absolute Gasteiger partial charge is 0.348 e. The third kappa shape index (κ3) is 4.34. The molecule has 27 heavy (non-hydrogen) atoms. The van der Waals surface area contributed by atoms with E-state index in [1.165, 1.54) is 11.3 Å². The number of esters is 1. The van der Waals surface area contributed by atoms with E-state index in [0.717, 1.165) is 42.6 Å². The maximum atomic E-state index is 12.5. The molecule has 0 spiro atoms. The molecule has 1 unspecified atom stereocenters. The Morgan fingerprint density at radius 2 is 2.19 bits per heavy atom. The number of aliphatic hydroxyl groups excluding tert-OH is 1. The van der Waals surface area contributed by atoms with E-state index in [9.17, 15) is 9.90 Å². The Balaban J connectivity index is 2.01. The van der Waals surface area contributed by atoms with Gasteiger partial charge in [0.25, 0.3) is 0 Å². The van der Waals surface area contributed by atoms with Crippen molar-refractivity contribution in [1.82, 2.24) is 9.97 Å². The van der Waals surface area contributed by atoms with Gasteiger partial charge in [-0.25, -0.2) is 9.78 Å². The summed E-state index contributed by atoms with van der Waals surface area (Å²) in [5.74, 6) is 0.355. The van der Waals surface area contributed by atoms with Crippen molar-refractivity contribution in [2.45, 2.75) is 38.6 Å². The number of thiophene rings is 1. The quantitative estimate of drug-likeness (QED) is 0.423. The summed E-state index contributed by atoms with van der Waals surface area (Å²) in [6.07, 6.45) is 3.86. The monoisotopic (exact) mass is 413 g/mol. The topological polar surface area (TPSA) is 84.8 Å². The van der Waals surface area contributed by atoms with E-state index in [-0.39, 0.29) is 30.5 Å². The van der Waals surface area contributed by atoms with Crippen molar-refractivity contribution in [3.05, 3.63) is 15.7 Å². The summed E-state index contributed by atoms with van der Waals surface area (Å²) in [6.45, 7) is 3.41. The van der Waals surface area contributed by atoms with E-state index in [4.69, 9.17) is 21.1 Å². The van der Waals surface area contributed by atoms with Gasteiger partial charge >= 0.3 is 5.97 Å². The number of rotatable bonds is 7. The molecule has 0 saturated carbocycles. The SMILES string of the molecule is COCCOC(=O)c1sc2nc(Cl)nc(N3CCCCC3CCO)c2c1C. The van der Waals surface area contributed by atoms with E-state index in [2.05, 4.69) is 14.9 Å². The molecule has 1 fully saturated rings. The lowest BCUT2D eigenvalue weighted by Gasteiger charge is -2.37. The van der Waals surface area contributed by atoms with Crippen LogP contribution in [0.15, 0.2) is 0 Å². The predicted molar refractivity (Wildman–Crippen MR) is 106 cm³/mol. The third-order valence-electron chi connectivity index (χ3n) is 4.81. The molecule has 7 nitrogen and oxygen atoms in total. The van der Waals surface area contributed by atoms with Gasteiger partial charge in [-0.15, -0.1) is 11.3 Å². The number of piperidine rings is 1. The molecule has 148 valence electrons. The first-order chi connectivity index (χ1) is 13.1. The zero-order chi connectivity index (χ0) is 19.4. The highest BCUT2D eigenvalue weighted by Gasteiger charge is 2.28. The second kappa shape index (κ2) is 9.14. The highest BCUT2D eigenvalue weighted by Crippen LogP contribution is 2.38. The molecular weight excluding hydrogens is 390 g/mol. The first kappa shape index (κ1) is 20.3. The van der Waals surface area contributed by atoms with Gasteiger partial charge in [-0.2, -0.15) is 4.98 Å². The minimum absolute atomic E-state index is 0.128. The Labute approximate surface area is 167 Å². The van der Waals surface area contributed by atoms with Crippen molar-refractivity contribution < 1.29 is 19.4 Å². The van der Waals surface area contributed by atoms with Crippen molar-refractivity contribution in [3.8, 4) is 0 Å². The number of hydrogen-bond donors (Lipinski definition) is 1. The number of halogens is 1. The minimum atomic E-state index is -0.389. The van der Waals surface area contributed by atoms with Gasteiger partial charge < -0.3 is 19.5 Å². The summed E-state index contributed by atoms with van der Waals surface area (Å²) in [5.41, 5.74) is 0.803. The molecule has 0 radical (unpaired) electrons. The van der Waals surface area contributed by atoms with Gasteiger partial charge in [-0.1, -0.05) is 0 Å². The molecule has 0 aromatic carbocycles. The maximum Gasteiger partial charge on any atom is 0.348 e. The Bertz CT molecular complexity index is 811. The highest BCUT2D eigenvalue weighted by molar-refractivity contribution is 7.20. The molecule has 2 aromatic heterocycles. The molecule has 0 bridgehead atoms. The third-order valence-corrected chi connectivity index (χ3v) is 6.15. The molecule has 2 aromatic rings. The van der Waals surface area contributed by atoms with Crippen LogP contribution in [0.3, 0.4) is 0 Å². The van der Waals surface area contributed by atoms with Gasteiger partial charge in [0.1, 0.15) is 22.1 Å². The standard InChI is InChI=1S/C18H24ClN3O4S/c1-11-13-15(22-7-4-3-5-12(22)6-8-23)20-18(19)21-16(13)27-14(11)17(24)26-10-9-25-2/h12,23H,3-10H2,1-2H3. The zero-order valence-corrected chi connectivity index (χ0v) is 17.1. The lowest BCUT2D eigenvalue weighted by molar-refractivity contribution is 0.0393. The largest absolute Gasteiger partial charge is 0.459 e. The number of ether oxygens (including phenoxy) is 2. The molecule has 1 aliphatic heterocycles. The van der Waals surface area contributed by atoms with E-state index in [1.807, 2.05) is 6.92 Å². The summed E-state index contributed by atoms with van der Waals surface area (Å²) in [4.78, 5) is 24.7. The van der Waals surface area contributed by atoms with Crippen LogP contribution in [-0.2, 0) is 9.47 Å². The maximum absolute atomic E-state index is 12.5. The zero-order valence-electron chi connectivity index (χ0n) is 15.5. The number of methoxy groups -OCH3 is 1. The van der Waals surface area contributed by atoms with E-state index < -0.39 is 0 Å². The molecule has 1 N–H and O–H groups in total. The molecule has 1 saturated heterocycles. The summed E-state index contributed by atoms with van der Waals surface area (Å²) in [7, 11) is 1.56. The number of hydrogen-bond acceptors (Lipinski definition) is 8. The lowest BCUT2D eigenvalue weighted by Crippen LogP contribution is -2.40. The number of aromatic nitrogens is 2. The number of carbonyl (C=O) groups excluding carboxylic acids is 1. The number of fused-ring (bicyclic) bond motifs is 1. The van der Waals surface area contributed by atoms with Crippen LogP contribution in [0.2, 0.25) is 5.28 Å². The summed E-state index contributed by atoms with van der Waals surface area (Å²) in [6, 6.07) is 0.203. The van der Waals surface area contributed by atoms with Crippen LogP contribution >= 0.6 is 22.9 Å². The van der Waals surface area contributed by atoms with Gasteiger partial charge in [-0.05, 0) is 49.8 Å². The fourth-order valence-electron chi connectivity index (χ4n) is 3.51. The predicted octanol–water partition coefficient (Wildman–Crippen LogP) is 3.20. The van der Waals surface area contributed by atoms with Crippen LogP contribution in [0.4, 0.5) is 5.82 Å². The number of nitrogens with zero attached hydrogens (tertiary/aromatic N) is 3. The Morgan fingerprint density at radius 1 is 1.37 bits per heavy atom. The molecule has 0 amide bonds. The van der Waals surface area contributed by atoms with Crippen LogP contribution in [0.25, 0.3) is 10.2 Å². The average molecular weight is 414 g/mol. The number of aryl methyl sites for hydroxylation is 1. The lowest BCUT2D eigenvalue weighted by atomic mass is 9.99. The average Bonchev–Trinajstić information content (AvgIpc) is 2.98. The second-order valence-corrected chi connectivity index (χ2v) is 7.87. The van der Waals surface area contributed by atoms with E-state index in [1.54, 1.807) is 7.11 Å².